The summed E-state index contributed by atoms with van der Waals surface area (Å²) in [5.41, 5.74) is 1.26. The molecule has 4 nitrogen and oxygen atoms in total. The minimum atomic E-state index is 0.200. The second-order valence-corrected chi connectivity index (χ2v) is 9.15. The van der Waals surface area contributed by atoms with Crippen LogP contribution in [0.3, 0.4) is 0 Å². The van der Waals surface area contributed by atoms with Gasteiger partial charge in [-0.15, -0.1) is 0 Å². The van der Waals surface area contributed by atoms with Crippen molar-refractivity contribution in [3.63, 3.8) is 0 Å². The van der Waals surface area contributed by atoms with Crippen LogP contribution in [0.4, 0.5) is 0 Å². The lowest BCUT2D eigenvalue weighted by Crippen LogP contribution is -2.40. The lowest BCUT2D eigenvalue weighted by atomic mass is 9.78. The summed E-state index contributed by atoms with van der Waals surface area (Å²) in [7, 11) is 0. The second kappa shape index (κ2) is 9.84. The Balaban J connectivity index is 1.42. The monoisotopic (exact) mass is 426 g/mol. The molecule has 1 amide bonds. The predicted molar refractivity (Wildman–Crippen MR) is 121 cm³/mol. The van der Waals surface area contributed by atoms with Gasteiger partial charge in [0.25, 0.3) is 0 Å². The zero-order valence-electron chi connectivity index (χ0n) is 17.7. The van der Waals surface area contributed by atoms with Crippen LogP contribution in [0.25, 0.3) is 0 Å². The lowest BCUT2D eigenvalue weighted by Gasteiger charge is -2.36. The number of nitrogens with zero attached hydrogens (tertiary/aromatic N) is 2. The number of carbonyl (C=O) groups excluding carboxylic acids is 1. The summed E-state index contributed by atoms with van der Waals surface area (Å²) in [4.78, 5) is 16.3. The smallest absolute Gasteiger partial charge is 0.219 e. The number of benzene rings is 2. The van der Waals surface area contributed by atoms with Crippen LogP contribution >= 0.6 is 11.6 Å². The van der Waals surface area contributed by atoms with Crippen LogP contribution < -0.4 is 4.74 Å². The zero-order chi connectivity index (χ0) is 20.9. The number of halogens is 1. The van der Waals surface area contributed by atoms with Crippen molar-refractivity contribution in [2.45, 2.75) is 26.3 Å². The van der Waals surface area contributed by atoms with E-state index in [9.17, 15) is 4.79 Å². The van der Waals surface area contributed by atoms with Crippen molar-refractivity contribution >= 4 is 17.5 Å². The second-order valence-electron chi connectivity index (χ2n) is 8.72. The lowest BCUT2D eigenvalue weighted by molar-refractivity contribution is -0.130. The fraction of sp³-hybridized carbons (Fsp3) is 0.480. The molecule has 2 saturated heterocycles. The van der Waals surface area contributed by atoms with Crippen LogP contribution in [-0.2, 0) is 11.3 Å². The molecule has 2 fully saturated rings. The van der Waals surface area contributed by atoms with Crippen LogP contribution in [0, 0.1) is 17.8 Å². The first-order chi connectivity index (χ1) is 14.6. The Kier molecular flexibility index (Phi) is 6.96. The SMILES string of the molecule is CC(=O)N1CCC([C@@H]2CN(Cc3cccc(Cl)c3)C[C@H]2COc2ccccc2)CC1. The number of ether oxygens (including phenoxy) is 1. The zero-order valence-corrected chi connectivity index (χ0v) is 18.4. The summed E-state index contributed by atoms with van der Waals surface area (Å²) in [5, 5.41) is 0.795. The molecule has 4 rings (SSSR count). The molecule has 0 saturated carbocycles. The molecule has 0 spiro atoms. The van der Waals surface area contributed by atoms with Gasteiger partial charge >= 0.3 is 0 Å². The van der Waals surface area contributed by atoms with E-state index in [1.165, 1.54) is 5.56 Å². The molecule has 0 aliphatic carbocycles. The van der Waals surface area contributed by atoms with Crippen molar-refractivity contribution in [1.82, 2.24) is 9.80 Å². The highest BCUT2D eigenvalue weighted by molar-refractivity contribution is 6.30. The third-order valence-corrected chi connectivity index (χ3v) is 6.90. The van der Waals surface area contributed by atoms with Gasteiger partial charge in [0.2, 0.25) is 5.91 Å². The molecule has 2 aliphatic rings. The molecule has 2 atom stereocenters. The summed E-state index contributed by atoms with van der Waals surface area (Å²) >= 11 is 6.20. The largest absolute Gasteiger partial charge is 0.493 e. The van der Waals surface area contributed by atoms with E-state index >= 15 is 0 Å². The van der Waals surface area contributed by atoms with Crippen LogP contribution in [0.5, 0.6) is 5.75 Å². The molecule has 30 heavy (non-hydrogen) atoms. The van der Waals surface area contributed by atoms with Crippen molar-refractivity contribution in [2.75, 3.05) is 32.8 Å². The number of carbonyl (C=O) groups is 1. The van der Waals surface area contributed by atoms with Crippen molar-refractivity contribution in [3.05, 3.63) is 65.2 Å². The summed E-state index contributed by atoms with van der Waals surface area (Å²) in [6.07, 6.45) is 2.19. The molecular weight excluding hydrogens is 396 g/mol. The Morgan fingerprint density at radius 1 is 1.07 bits per heavy atom. The fourth-order valence-electron chi connectivity index (χ4n) is 5.08. The van der Waals surface area contributed by atoms with Crippen molar-refractivity contribution in [2.24, 2.45) is 17.8 Å². The minimum absolute atomic E-state index is 0.200. The molecular formula is C25H31ClN2O2. The normalized spacial score (nSPS) is 22.9. The summed E-state index contributed by atoms with van der Waals surface area (Å²) in [6.45, 7) is 7.24. The van der Waals surface area contributed by atoms with E-state index in [1.807, 2.05) is 47.4 Å². The third-order valence-electron chi connectivity index (χ3n) is 6.66. The van der Waals surface area contributed by atoms with Gasteiger partial charge in [0, 0.05) is 50.6 Å². The van der Waals surface area contributed by atoms with Gasteiger partial charge in [0.05, 0.1) is 6.61 Å². The van der Waals surface area contributed by atoms with Crippen LogP contribution in [0.15, 0.2) is 54.6 Å². The summed E-state index contributed by atoms with van der Waals surface area (Å²) in [6, 6.07) is 18.3. The Morgan fingerprint density at radius 3 is 2.53 bits per heavy atom. The highest BCUT2D eigenvalue weighted by atomic mass is 35.5. The fourth-order valence-corrected chi connectivity index (χ4v) is 5.30. The Hall–Kier alpha value is -2.04. The molecule has 0 aromatic heterocycles. The average molecular weight is 427 g/mol. The number of hydrogen-bond donors (Lipinski definition) is 0. The quantitative estimate of drug-likeness (QED) is 0.669. The average Bonchev–Trinajstić information content (AvgIpc) is 3.15. The molecule has 5 heteroatoms. The molecule has 2 aromatic carbocycles. The topological polar surface area (TPSA) is 32.8 Å². The molecule has 2 aliphatic heterocycles. The molecule has 0 unspecified atom stereocenters. The standard InChI is InChI=1S/C25H31ClN2O2/c1-19(29)28-12-10-21(11-13-28)25-17-27(15-20-6-5-7-23(26)14-20)16-22(25)18-30-24-8-3-2-4-9-24/h2-9,14,21-22,25H,10-13,15-18H2,1H3/t22-,25-/m0/s1. The predicted octanol–water partition coefficient (Wildman–Crippen LogP) is 4.73. The van der Waals surface area contributed by atoms with Gasteiger partial charge in [-0.2, -0.15) is 0 Å². The molecule has 0 N–H and O–H groups in total. The number of piperidine rings is 1. The number of rotatable bonds is 6. The van der Waals surface area contributed by atoms with Crippen LogP contribution in [0.1, 0.15) is 25.3 Å². The maximum absolute atomic E-state index is 11.7. The number of likely N-dealkylation sites (tertiary alicyclic amines) is 2. The third kappa shape index (κ3) is 5.35. The Bertz CT molecular complexity index is 836. The van der Waals surface area contributed by atoms with Gasteiger partial charge in [0.15, 0.2) is 0 Å². The van der Waals surface area contributed by atoms with E-state index in [1.54, 1.807) is 6.92 Å². The Morgan fingerprint density at radius 2 is 1.83 bits per heavy atom. The van der Waals surface area contributed by atoms with Gasteiger partial charge in [0.1, 0.15) is 5.75 Å². The van der Waals surface area contributed by atoms with Crippen molar-refractivity contribution < 1.29 is 9.53 Å². The van der Waals surface area contributed by atoms with Crippen molar-refractivity contribution in [3.8, 4) is 5.75 Å². The van der Waals surface area contributed by atoms with E-state index in [0.717, 1.165) is 62.9 Å². The van der Waals surface area contributed by atoms with E-state index in [-0.39, 0.29) is 5.91 Å². The molecule has 0 bridgehead atoms. The summed E-state index contributed by atoms with van der Waals surface area (Å²) < 4.78 is 6.18. The van der Waals surface area contributed by atoms with Gasteiger partial charge in [-0.25, -0.2) is 0 Å². The van der Waals surface area contributed by atoms with Gasteiger partial charge in [-0.05, 0) is 54.5 Å². The summed E-state index contributed by atoms with van der Waals surface area (Å²) in [5.74, 6) is 2.89. The van der Waals surface area contributed by atoms with E-state index < -0.39 is 0 Å². The van der Waals surface area contributed by atoms with Crippen molar-refractivity contribution in [1.29, 1.82) is 0 Å². The maximum atomic E-state index is 11.7. The number of hydrogen-bond acceptors (Lipinski definition) is 3. The first-order valence-corrected chi connectivity index (χ1v) is 11.4. The first kappa shape index (κ1) is 21.2. The van der Waals surface area contributed by atoms with Gasteiger partial charge in [-0.1, -0.05) is 41.9 Å². The highest BCUT2D eigenvalue weighted by Crippen LogP contribution is 2.37. The van der Waals surface area contributed by atoms with Gasteiger partial charge in [-0.3, -0.25) is 9.69 Å². The van der Waals surface area contributed by atoms with Gasteiger partial charge < -0.3 is 9.64 Å². The number of amides is 1. The number of para-hydroxylation sites is 1. The van der Waals surface area contributed by atoms with Crippen LogP contribution in [0.2, 0.25) is 5.02 Å². The highest BCUT2D eigenvalue weighted by Gasteiger charge is 2.39. The molecule has 160 valence electrons. The molecule has 2 aromatic rings. The molecule has 0 radical (unpaired) electrons. The Labute approximate surface area is 184 Å². The van der Waals surface area contributed by atoms with E-state index in [4.69, 9.17) is 16.3 Å². The first-order valence-electron chi connectivity index (χ1n) is 11.0. The maximum Gasteiger partial charge on any atom is 0.219 e. The minimum Gasteiger partial charge on any atom is -0.493 e. The molecule has 2 heterocycles. The van der Waals surface area contributed by atoms with Crippen LogP contribution in [-0.4, -0.2) is 48.5 Å². The van der Waals surface area contributed by atoms with E-state index in [2.05, 4.69) is 17.0 Å². The van der Waals surface area contributed by atoms with E-state index in [0.29, 0.717) is 17.8 Å².